The van der Waals surface area contributed by atoms with Gasteiger partial charge >= 0.3 is 18.4 Å². The fourth-order valence-corrected chi connectivity index (χ4v) is 6.28. The molecular formula is C31H40F6N4O4. The number of aromatic nitrogens is 2. The normalized spacial score (nSPS) is 21.4. The minimum atomic E-state index is -4.99. The molecule has 250 valence electrons. The van der Waals surface area contributed by atoms with Crippen molar-refractivity contribution in [1.29, 1.82) is 0 Å². The van der Waals surface area contributed by atoms with Gasteiger partial charge in [0.05, 0.1) is 30.1 Å². The van der Waals surface area contributed by atoms with Crippen LogP contribution in [0.25, 0.3) is 0 Å². The van der Waals surface area contributed by atoms with Crippen LogP contribution < -0.4 is 9.64 Å². The summed E-state index contributed by atoms with van der Waals surface area (Å²) < 4.78 is 93.4. The second-order valence-corrected chi connectivity index (χ2v) is 11.6. The maximum atomic E-state index is 13.7. The number of alkyl halides is 6. The van der Waals surface area contributed by atoms with Crippen LogP contribution in [0.1, 0.15) is 88.3 Å². The van der Waals surface area contributed by atoms with Crippen LogP contribution in [0.3, 0.4) is 0 Å². The molecule has 1 aromatic carbocycles. The summed E-state index contributed by atoms with van der Waals surface area (Å²) in [5.74, 6) is 0.328. The van der Waals surface area contributed by atoms with Crippen molar-refractivity contribution >= 4 is 12.0 Å². The number of benzene rings is 1. The molecule has 1 aliphatic carbocycles. The monoisotopic (exact) mass is 646 g/mol. The van der Waals surface area contributed by atoms with E-state index >= 15 is 0 Å². The van der Waals surface area contributed by atoms with Gasteiger partial charge in [0.25, 0.3) is 0 Å². The molecular weight excluding hydrogens is 606 g/mol. The van der Waals surface area contributed by atoms with Crippen LogP contribution in [0.15, 0.2) is 30.6 Å². The fourth-order valence-electron chi connectivity index (χ4n) is 6.28. The van der Waals surface area contributed by atoms with Gasteiger partial charge < -0.3 is 24.4 Å². The molecule has 3 atom stereocenters. The van der Waals surface area contributed by atoms with Crippen LogP contribution in [0, 0.1) is 0 Å². The predicted molar refractivity (Wildman–Crippen MR) is 154 cm³/mol. The van der Waals surface area contributed by atoms with Crippen molar-refractivity contribution < 1.29 is 45.7 Å². The van der Waals surface area contributed by atoms with Crippen molar-refractivity contribution in [1.82, 2.24) is 14.9 Å². The van der Waals surface area contributed by atoms with Crippen LogP contribution >= 0.6 is 0 Å². The second kappa shape index (κ2) is 14.9. The third kappa shape index (κ3) is 8.92. The molecule has 2 aliphatic rings. The van der Waals surface area contributed by atoms with Gasteiger partial charge in [-0.1, -0.05) is 20.3 Å². The van der Waals surface area contributed by atoms with Crippen LogP contribution in [0.4, 0.5) is 37.1 Å². The second-order valence-electron chi connectivity index (χ2n) is 11.6. The number of aliphatic hydroxyl groups is 1. The average molecular weight is 647 g/mol. The van der Waals surface area contributed by atoms with Gasteiger partial charge in [-0.2, -0.15) is 26.3 Å². The van der Waals surface area contributed by atoms with Gasteiger partial charge in [-0.25, -0.2) is 14.8 Å². The lowest BCUT2D eigenvalue weighted by atomic mass is 9.87. The number of halogens is 6. The Kier molecular flexibility index (Phi) is 11.4. The molecule has 4 rings (SSSR count). The highest BCUT2D eigenvalue weighted by Gasteiger charge is 2.42. The summed E-state index contributed by atoms with van der Waals surface area (Å²) in [6.45, 7) is 3.26. The number of amides is 1. The number of piperidine rings is 1. The number of aliphatic hydroxyl groups excluding tert-OH is 1. The third-order valence-corrected chi connectivity index (χ3v) is 8.52. The molecule has 2 heterocycles. The standard InChI is InChI=1S/C31H40F6N4O4/c1-3-23-15-25(16-24(4-2)41(23)29(43)45-26-8-6-5-7-9-26)40(28-38-17-27(18-39-28)44-11-10-42)19-20-12-21(30(32,33)34)14-22(13-20)31(35,36)37/h12-14,17-18,23-26,42H,3-11,15-16,19H2,1-2H3/t23-,24+,25?. The number of rotatable bonds is 10. The Labute approximate surface area is 258 Å². The minimum Gasteiger partial charge on any atom is -0.488 e. The molecule has 1 unspecified atom stereocenters. The quantitative estimate of drug-likeness (QED) is 0.270. The number of likely N-dealkylation sites (tertiary alicyclic amines) is 1. The summed E-state index contributed by atoms with van der Waals surface area (Å²) in [5.41, 5.74) is -3.01. The lowest BCUT2D eigenvalue weighted by Gasteiger charge is -2.47. The molecule has 0 spiro atoms. The number of carbonyl (C=O) groups is 1. The molecule has 1 N–H and O–H groups in total. The number of anilines is 1. The largest absolute Gasteiger partial charge is 0.488 e. The first-order valence-electron chi connectivity index (χ1n) is 15.4. The summed E-state index contributed by atoms with van der Waals surface area (Å²) in [6.07, 6.45) is -1.21. The molecule has 0 radical (unpaired) electrons. The number of hydrogen-bond donors (Lipinski definition) is 1. The molecule has 1 saturated heterocycles. The molecule has 0 bridgehead atoms. The van der Waals surface area contributed by atoms with E-state index in [1.165, 1.54) is 12.4 Å². The first-order valence-corrected chi connectivity index (χ1v) is 15.4. The maximum Gasteiger partial charge on any atom is 0.416 e. The number of nitrogens with zero attached hydrogens (tertiary/aromatic N) is 4. The average Bonchev–Trinajstić information content (AvgIpc) is 3.01. The summed E-state index contributed by atoms with van der Waals surface area (Å²) in [6, 6.07) is 0.539. The van der Waals surface area contributed by atoms with Gasteiger partial charge in [0.15, 0.2) is 5.75 Å². The Balaban J connectivity index is 1.68. The Morgan fingerprint density at radius 1 is 0.933 bits per heavy atom. The Bertz CT molecular complexity index is 1210. The smallest absolute Gasteiger partial charge is 0.416 e. The molecule has 1 aliphatic heterocycles. The lowest BCUT2D eigenvalue weighted by Crippen LogP contribution is -2.57. The van der Waals surface area contributed by atoms with E-state index in [0.29, 0.717) is 37.8 Å². The van der Waals surface area contributed by atoms with E-state index in [1.54, 1.807) is 9.80 Å². The maximum absolute atomic E-state index is 13.7. The molecule has 1 amide bonds. The highest BCUT2D eigenvalue weighted by atomic mass is 19.4. The molecule has 1 saturated carbocycles. The predicted octanol–water partition coefficient (Wildman–Crippen LogP) is 7.38. The Morgan fingerprint density at radius 3 is 1.98 bits per heavy atom. The first kappa shape index (κ1) is 34.6. The van der Waals surface area contributed by atoms with Gasteiger partial charge in [0.2, 0.25) is 5.95 Å². The molecule has 2 aromatic rings. The molecule has 1 aromatic heterocycles. The van der Waals surface area contributed by atoms with E-state index in [0.717, 1.165) is 32.1 Å². The summed E-state index contributed by atoms with van der Waals surface area (Å²) in [4.78, 5) is 25.5. The third-order valence-electron chi connectivity index (χ3n) is 8.52. The van der Waals surface area contributed by atoms with Gasteiger partial charge in [-0.15, -0.1) is 0 Å². The fraction of sp³-hybridized carbons (Fsp3) is 0.645. The summed E-state index contributed by atoms with van der Waals surface area (Å²) in [7, 11) is 0. The van der Waals surface area contributed by atoms with Crippen LogP contribution in [-0.2, 0) is 23.6 Å². The Morgan fingerprint density at radius 2 is 1.49 bits per heavy atom. The van der Waals surface area contributed by atoms with Gasteiger partial charge in [0, 0.05) is 24.7 Å². The summed E-state index contributed by atoms with van der Waals surface area (Å²) >= 11 is 0. The number of carbonyl (C=O) groups excluding carboxylic acids is 1. The first-order chi connectivity index (χ1) is 21.3. The van der Waals surface area contributed by atoms with E-state index < -0.39 is 29.5 Å². The SMILES string of the molecule is CC[C@@H]1CC(N(Cc2cc(C(F)(F)F)cc(C(F)(F)F)c2)c2ncc(OCCO)cn2)C[C@H](CC)N1C(=O)OC1CCCCC1. The van der Waals surface area contributed by atoms with Gasteiger partial charge in [-0.05, 0) is 75.1 Å². The van der Waals surface area contributed by atoms with E-state index in [4.69, 9.17) is 14.6 Å². The molecule has 45 heavy (non-hydrogen) atoms. The lowest BCUT2D eigenvalue weighted by molar-refractivity contribution is -0.143. The van der Waals surface area contributed by atoms with Crippen LogP contribution in [-0.4, -0.2) is 63.5 Å². The topological polar surface area (TPSA) is 88.0 Å². The van der Waals surface area contributed by atoms with Crippen molar-refractivity contribution in [3.63, 3.8) is 0 Å². The van der Waals surface area contributed by atoms with Crippen LogP contribution in [0.2, 0.25) is 0 Å². The van der Waals surface area contributed by atoms with Crippen molar-refractivity contribution in [2.24, 2.45) is 0 Å². The zero-order chi connectivity index (χ0) is 32.8. The van der Waals surface area contributed by atoms with E-state index in [9.17, 15) is 31.1 Å². The van der Waals surface area contributed by atoms with E-state index in [-0.39, 0.29) is 67.4 Å². The van der Waals surface area contributed by atoms with Crippen molar-refractivity contribution in [3.05, 3.63) is 47.3 Å². The van der Waals surface area contributed by atoms with Crippen molar-refractivity contribution in [2.75, 3.05) is 18.1 Å². The highest BCUT2D eigenvalue weighted by molar-refractivity contribution is 5.69. The number of hydrogen-bond acceptors (Lipinski definition) is 7. The minimum absolute atomic E-state index is 0.0113. The van der Waals surface area contributed by atoms with E-state index in [2.05, 4.69) is 9.97 Å². The van der Waals surface area contributed by atoms with Gasteiger partial charge in [-0.3, -0.25) is 0 Å². The van der Waals surface area contributed by atoms with E-state index in [1.807, 2.05) is 13.8 Å². The van der Waals surface area contributed by atoms with Crippen molar-refractivity contribution in [2.45, 2.75) is 115 Å². The molecule has 14 heteroatoms. The van der Waals surface area contributed by atoms with Crippen LogP contribution in [0.5, 0.6) is 5.75 Å². The van der Waals surface area contributed by atoms with Gasteiger partial charge in [0.1, 0.15) is 12.7 Å². The zero-order valence-corrected chi connectivity index (χ0v) is 25.4. The molecule has 2 fully saturated rings. The molecule has 8 nitrogen and oxygen atoms in total. The summed E-state index contributed by atoms with van der Waals surface area (Å²) in [5, 5.41) is 9.04. The highest BCUT2D eigenvalue weighted by Crippen LogP contribution is 2.38. The Hall–Kier alpha value is -3.29. The zero-order valence-electron chi connectivity index (χ0n) is 25.4. The van der Waals surface area contributed by atoms with Crippen molar-refractivity contribution in [3.8, 4) is 5.75 Å². The number of ether oxygens (including phenoxy) is 2.